The van der Waals surface area contributed by atoms with Gasteiger partial charge in [0.15, 0.2) is 0 Å². The van der Waals surface area contributed by atoms with Crippen LogP contribution in [0.25, 0.3) is 0 Å². The maximum absolute atomic E-state index is 13.3. The number of hydrogen-bond acceptors (Lipinski definition) is 3. The second-order valence-electron chi connectivity index (χ2n) is 8.74. The van der Waals surface area contributed by atoms with Gasteiger partial charge in [0.2, 0.25) is 5.91 Å². The number of hydrogen-bond donors (Lipinski definition) is 2. The van der Waals surface area contributed by atoms with E-state index in [4.69, 9.17) is 5.73 Å². The highest BCUT2D eigenvalue weighted by atomic mass is 35.5. The van der Waals surface area contributed by atoms with Crippen molar-refractivity contribution in [3.8, 4) is 0 Å². The van der Waals surface area contributed by atoms with Crippen molar-refractivity contribution in [2.45, 2.75) is 58.0 Å². The molecule has 1 saturated heterocycles. The molecule has 1 aliphatic carbocycles. The number of likely N-dealkylation sites (tertiary alicyclic amines) is 1. The molecule has 4 nitrogen and oxygen atoms in total. The fraction of sp³-hybridized carbons (Fsp3) is 0.667. The van der Waals surface area contributed by atoms with Gasteiger partial charge in [0.05, 0.1) is 12.6 Å². The molecular weight excluding hydrogens is 365 g/mol. The first kappa shape index (κ1) is 22.1. The number of halogens is 2. The molecule has 2 fully saturated rings. The summed E-state index contributed by atoms with van der Waals surface area (Å²) < 4.78 is 13.3. The number of rotatable bonds is 5. The molecule has 152 valence electrons. The fourth-order valence-corrected chi connectivity index (χ4v) is 4.48. The number of nitrogens with two attached hydrogens (primary N) is 1. The van der Waals surface area contributed by atoms with Crippen molar-refractivity contribution in [2.24, 2.45) is 17.1 Å². The average Bonchev–Trinajstić information content (AvgIpc) is 3.11. The summed E-state index contributed by atoms with van der Waals surface area (Å²) in [5.74, 6) is 0.255. The average molecular weight is 398 g/mol. The van der Waals surface area contributed by atoms with Crippen LogP contribution < -0.4 is 11.1 Å². The monoisotopic (exact) mass is 397 g/mol. The highest BCUT2D eigenvalue weighted by Gasteiger charge is 2.34. The predicted molar refractivity (Wildman–Crippen MR) is 109 cm³/mol. The third kappa shape index (κ3) is 5.66. The Labute approximate surface area is 168 Å². The summed E-state index contributed by atoms with van der Waals surface area (Å²) in [4.78, 5) is 15.0. The third-order valence-electron chi connectivity index (χ3n) is 6.18. The first-order chi connectivity index (χ1) is 12.3. The summed E-state index contributed by atoms with van der Waals surface area (Å²) in [6.45, 7) is 6.44. The van der Waals surface area contributed by atoms with Crippen molar-refractivity contribution in [2.75, 3.05) is 19.6 Å². The van der Waals surface area contributed by atoms with E-state index in [0.29, 0.717) is 12.5 Å². The lowest BCUT2D eigenvalue weighted by Crippen LogP contribution is -2.54. The van der Waals surface area contributed by atoms with Crippen molar-refractivity contribution in [3.63, 3.8) is 0 Å². The number of carbonyl (C=O) groups excluding carboxylic acids is 1. The van der Waals surface area contributed by atoms with Crippen LogP contribution in [0.5, 0.6) is 0 Å². The quantitative estimate of drug-likeness (QED) is 0.797. The van der Waals surface area contributed by atoms with Crippen LogP contribution in [0.3, 0.4) is 0 Å². The van der Waals surface area contributed by atoms with Crippen LogP contribution in [-0.2, 0) is 4.79 Å². The number of carbonyl (C=O) groups is 1. The Kier molecular flexibility index (Phi) is 7.66. The molecule has 2 unspecified atom stereocenters. The van der Waals surface area contributed by atoms with Gasteiger partial charge >= 0.3 is 0 Å². The summed E-state index contributed by atoms with van der Waals surface area (Å²) in [5.41, 5.74) is 7.23. The van der Waals surface area contributed by atoms with E-state index in [2.05, 4.69) is 24.1 Å². The molecule has 3 rings (SSSR count). The largest absolute Gasteiger partial charge is 0.348 e. The molecule has 2 atom stereocenters. The Balaban J connectivity index is 0.00000261. The first-order valence-electron chi connectivity index (χ1n) is 9.88. The maximum atomic E-state index is 13.3. The van der Waals surface area contributed by atoms with Crippen molar-refractivity contribution in [1.82, 2.24) is 10.2 Å². The van der Waals surface area contributed by atoms with Gasteiger partial charge < -0.3 is 11.1 Å². The normalized spacial score (nSPS) is 24.2. The van der Waals surface area contributed by atoms with E-state index in [0.717, 1.165) is 37.9 Å². The van der Waals surface area contributed by atoms with Crippen LogP contribution in [0.1, 0.15) is 57.6 Å². The van der Waals surface area contributed by atoms with E-state index in [1.807, 2.05) is 12.1 Å². The predicted octanol–water partition coefficient (Wildman–Crippen LogP) is 3.65. The highest BCUT2D eigenvalue weighted by Crippen LogP contribution is 2.36. The summed E-state index contributed by atoms with van der Waals surface area (Å²) >= 11 is 0. The molecule has 1 heterocycles. The van der Waals surface area contributed by atoms with Gasteiger partial charge in [-0.15, -0.1) is 12.4 Å². The van der Waals surface area contributed by atoms with Gasteiger partial charge in [0, 0.05) is 19.1 Å². The summed E-state index contributed by atoms with van der Waals surface area (Å²) in [7, 11) is 0. The Bertz CT molecular complexity index is 616. The molecule has 1 saturated carbocycles. The molecule has 2 aliphatic rings. The maximum Gasteiger partial charge on any atom is 0.234 e. The van der Waals surface area contributed by atoms with Crippen LogP contribution in [0.4, 0.5) is 4.39 Å². The second-order valence-corrected chi connectivity index (χ2v) is 8.74. The van der Waals surface area contributed by atoms with E-state index < -0.39 is 0 Å². The summed E-state index contributed by atoms with van der Waals surface area (Å²) in [6, 6.07) is 6.75. The molecule has 1 aromatic carbocycles. The summed E-state index contributed by atoms with van der Waals surface area (Å²) in [5, 5.41) is 3.25. The highest BCUT2D eigenvalue weighted by molar-refractivity contribution is 5.85. The van der Waals surface area contributed by atoms with Gasteiger partial charge in [-0.2, -0.15) is 0 Å². The lowest BCUT2D eigenvalue weighted by atomic mass is 9.80. The van der Waals surface area contributed by atoms with Gasteiger partial charge in [0.25, 0.3) is 0 Å². The Morgan fingerprint density at radius 3 is 2.48 bits per heavy atom. The molecule has 6 heteroatoms. The second kappa shape index (κ2) is 9.35. The van der Waals surface area contributed by atoms with Crippen LogP contribution in [-0.4, -0.2) is 36.5 Å². The van der Waals surface area contributed by atoms with Gasteiger partial charge in [-0.3, -0.25) is 9.69 Å². The van der Waals surface area contributed by atoms with Crippen molar-refractivity contribution in [1.29, 1.82) is 0 Å². The van der Waals surface area contributed by atoms with Crippen LogP contribution in [0, 0.1) is 17.2 Å². The molecule has 0 bridgehead atoms. The smallest absolute Gasteiger partial charge is 0.234 e. The number of benzene rings is 1. The van der Waals surface area contributed by atoms with Crippen LogP contribution >= 0.6 is 12.4 Å². The van der Waals surface area contributed by atoms with Crippen molar-refractivity contribution < 1.29 is 9.18 Å². The van der Waals surface area contributed by atoms with Gasteiger partial charge in [-0.25, -0.2) is 4.39 Å². The molecule has 3 N–H and O–H groups in total. The molecule has 27 heavy (non-hydrogen) atoms. The topological polar surface area (TPSA) is 58.4 Å². The Morgan fingerprint density at radius 2 is 1.89 bits per heavy atom. The molecule has 0 radical (unpaired) electrons. The minimum atomic E-state index is -0.239. The van der Waals surface area contributed by atoms with E-state index in [9.17, 15) is 9.18 Å². The van der Waals surface area contributed by atoms with E-state index >= 15 is 0 Å². The lowest BCUT2D eigenvalue weighted by molar-refractivity contribution is -0.124. The zero-order valence-corrected chi connectivity index (χ0v) is 17.2. The Hall–Kier alpha value is -1.17. The molecule has 0 spiro atoms. The molecule has 1 aliphatic heterocycles. The number of nitrogens with zero attached hydrogens (tertiary/aromatic N) is 1. The number of amides is 1. The van der Waals surface area contributed by atoms with Gasteiger partial charge in [0.1, 0.15) is 5.82 Å². The number of piperidine rings is 1. The molecule has 0 aromatic heterocycles. The van der Waals surface area contributed by atoms with Crippen molar-refractivity contribution >= 4 is 18.3 Å². The fourth-order valence-electron chi connectivity index (χ4n) is 4.48. The Morgan fingerprint density at radius 1 is 1.26 bits per heavy atom. The molecule has 1 aromatic rings. The van der Waals surface area contributed by atoms with E-state index in [-0.39, 0.29) is 41.6 Å². The SMILES string of the molecule is CC1(C)CN(CC(=O)NC(c2ccc(F)cc2)C2CCCC2)CCC1N.Cl. The summed E-state index contributed by atoms with van der Waals surface area (Å²) in [6.07, 6.45) is 5.57. The van der Waals surface area contributed by atoms with Crippen LogP contribution in [0.15, 0.2) is 24.3 Å². The standard InChI is InChI=1S/C21H32FN3O.ClH/c1-21(2)14-25(12-11-18(21)23)13-19(26)24-20(15-5-3-4-6-15)16-7-9-17(22)10-8-16;/h7-10,15,18,20H,3-6,11-14,23H2,1-2H3,(H,24,26);1H. The lowest BCUT2D eigenvalue weighted by Gasteiger charge is -2.42. The van der Waals surface area contributed by atoms with Crippen LogP contribution in [0.2, 0.25) is 0 Å². The minimum Gasteiger partial charge on any atom is -0.348 e. The molecule has 1 amide bonds. The minimum absolute atomic E-state index is 0. The zero-order chi connectivity index (χ0) is 18.7. The number of nitrogens with one attached hydrogen (secondary N) is 1. The van der Waals surface area contributed by atoms with Gasteiger partial charge in [-0.05, 0) is 48.3 Å². The van der Waals surface area contributed by atoms with Gasteiger partial charge in [-0.1, -0.05) is 38.8 Å². The van der Waals surface area contributed by atoms with E-state index in [1.165, 1.54) is 25.0 Å². The molecular formula is C21H33ClFN3O. The third-order valence-corrected chi connectivity index (χ3v) is 6.18. The first-order valence-corrected chi connectivity index (χ1v) is 9.88. The zero-order valence-electron chi connectivity index (χ0n) is 16.4. The van der Waals surface area contributed by atoms with E-state index in [1.54, 1.807) is 0 Å². The van der Waals surface area contributed by atoms with Crippen molar-refractivity contribution in [3.05, 3.63) is 35.6 Å².